The van der Waals surface area contributed by atoms with Gasteiger partial charge in [0.2, 0.25) is 0 Å². The van der Waals surface area contributed by atoms with E-state index in [0.717, 1.165) is 24.3 Å². The van der Waals surface area contributed by atoms with Gasteiger partial charge in [-0.1, -0.05) is 43.4 Å². The number of hydrogen-bond donors (Lipinski definition) is 0. The summed E-state index contributed by atoms with van der Waals surface area (Å²) in [6.45, 7) is 10.1. The first-order valence-corrected chi connectivity index (χ1v) is 6.36. The van der Waals surface area contributed by atoms with Crippen molar-refractivity contribution >= 4 is 5.71 Å². The second kappa shape index (κ2) is 7.05. The maximum absolute atomic E-state index is 4.54. The third kappa shape index (κ3) is 4.56. The topological polar surface area (TPSA) is 12.4 Å². The van der Waals surface area contributed by atoms with E-state index in [2.05, 4.69) is 42.8 Å². The molecule has 0 saturated heterocycles. The van der Waals surface area contributed by atoms with Crippen LogP contribution in [-0.4, -0.2) is 5.71 Å². The van der Waals surface area contributed by atoms with Crippen LogP contribution < -0.4 is 0 Å². The number of nitrogens with zero attached hydrogens (tertiary/aromatic N) is 1. The first kappa shape index (κ1) is 13.7. The SMILES string of the molecule is C=CC(C)=N/C(=C\C)CCC1=CC=CCC1C. The summed E-state index contributed by atoms with van der Waals surface area (Å²) in [6.07, 6.45) is 13.9. The van der Waals surface area contributed by atoms with Crippen LogP contribution in [0, 0.1) is 5.92 Å². The zero-order chi connectivity index (χ0) is 12.7. The van der Waals surface area contributed by atoms with Crippen molar-refractivity contribution in [3.63, 3.8) is 0 Å². The highest BCUT2D eigenvalue weighted by Gasteiger charge is 2.09. The molecule has 0 N–H and O–H groups in total. The molecule has 1 atom stereocenters. The summed E-state index contributed by atoms with van der Waals surface area (Å²) in [7, 11) is 0. The first-order valence-electron chi connectivity index (χ1n) is 6.36. The molecule has 0 aromatic rings. The fraction of sp³-hybridized carbons (Fsp3) is 0.438. The molecule has 0 aromatic carbocycles. The van der Waals surface area contributed by atoms with Crippen molar-refractivity contribution in [2.24, 2.45) is 10.9 Å². The van der Waals surface area contributed by atoms with Gasteiger partial charge in [-0.15, -0.1) is 0 Å². The minimum Gasteiger partial charge on any atom is -0.259 e. The van der Waals surface area contributed by atoms with E-state index in [0.29, 0.717) is 5.92 Å². The van der Waals surface area contributed by atoms with Gasteiger partial charge in [0.15, 0.2) is 0 Å². The van der Waals surface area contributed by atoms with Gasteiger partial charge in [0.05, 0.1) is 0 Å². The zero-order valence-electron chi connectivity index (χ0n) is 11.2. The van der Waals surface area contributed by atoms with Crippen LogP contribution in [0.4, 0.5) is 0 Å². The Kier molecular flexibility index (Phi) is 5.68. The van der Waals surface area contributed by atoms with E-state index >= 15 is 0 Å². The second-order valence-electron chi connectivity index (χ2n) is 4.54. The lowest BCUT2D eigenvalue weighted by atomic mass is 9.90. The molecular weight excluding hydrogens is 206 g/mol. The molecule has 0 bridgehead atoms. The van der Waals surface area contributed by atoms with Crippen LogP contribution >= 0.6 is 0 Å². The highest BCUT2D eigenvalue weighted by molar-refractivity contribution is 5.92. The summed E-state index contributed by atoms with van der Waals surface area (Å²) in [5.74, 6) is 0.683. The maximum Gasteiger partial charge on any atom is 0.0369 e. The predicted molar refractivity (Wildman–Crippen MR) is 77.3 cm³/mol. The minimum atomic E-state index is 0.683. The van der Waals surface area contributed by atoms with Crippen LogP contribution in [0.3, 0.4) is 0 Å². The largest absolute Gasteiger partial charge is 0.259 e. The zero-order valence-corrected chi connectivity index (χ0v) is 11.2. The molecule has 0 aliphatic heterocycles. The van der Waals surface area contributed by atoms with Crippen LogP contribution in [0.1, 0.15) is 40.0 Å². The van der Waals surface area contributed by atoms with Crippen molar-refractivity contribution in [1.29, 1.82) is 0 Å². The molecule has 1 unspecified atom stereocenters. The van der Waals surface area contributed by atoms with E-state index in [4.69, 9.17) is 0 Å². The number of hydrogen-bond acceptors (Lipinski definition) is 1. The van der Waals surface area contributed by atoms with Gasteiger partial charge in [-0.3, -0.25) is 4.99 Å². The van der Waals surface area contributed by atoms with Crippen LogP contribution in [0.5, 0.6) is 0 Å². The van der Waals surface area contributed by atoms with E-state index in [1.165, 1.54) is 6.42 Å². The molecule has 0 heterocycles. The van der Waals surface area contributed by atoms with Gasteiger partial charge in [-0.2, -0.15) is 0 Å². The summed E-state index contributed by atoms with van der Waals surface area (Å²) in [5, 5.41) is 0. The lowest BCUT2D eigenvalue weighted by Gasteiger charge is -2.17. The summed E-state index contributed by atoms with van der Waals surface area (Å²) < 4.78 is 0. The standard InChI is InChI=1S/C16H23N/c1-5-14(4)17-16(6-2)12-11-15-10-8-7-9-13(15)3/h5-8,10,13H,1,9,11-12H2,2-4H3/b16-6-,17-14?. The summed E-state index contributed by atoms with van der Waals surface area (Å²) >= 11 is 0. The van der Waals surface area contributed by atoms with Crippen LogP contribution in [0.2, 0.25) is 0 Å². The Morgan fingerprint density at radius 1 is 1.59 bits per heavy atom. The van der Waals surface area contributed by atoms with Gasteiger partial charge in [0.1, 0.15) is 0 Å². The molecule has 0 aromatic heterocycles. The molecule has 17 heavy (non-hydrogen) atoms. The highest BCUT2D eigenvalue weighted by Crippen LogP contribution is 2.25. The van der Waals surface area contributed by atoms with E-state index in [1.807, 2.05) is 13.8 Å². The monoisotopic (exact) mass is 229 g/mol. The highest BCUT2D eigenvalue weighted by atomic mass is 14.7. The van der Waals surface area contributed by atoms with Crippen molar-refractivity contribution in [2.75, 3.05) is 0 Å². The molecule has 0 spiro atoms. The Balaban J connectivity index is 2.57. The smallest absolute Gasteiger partial charge is 0.0369 e. The van der Waals surface area contributed by atoms with E-state index in [-0.39, 0.29) is 0 Å². The summed E-state index contributed by atoms with van der Waals surface area (Å²) in [5.41, 5.74) is 3.69. The summed E-state index contributed by atoms with van der Waals surface area (Å²) in [4.78, 5) is 4.54. The van der Waals surface area contributed by atoms with Gasteiger partial charge in [-0.05, 0) is 45.1 Å². The molecule has 1 heteroatoms. The lowest BCUT2D eigenvalue weighted by molar-refractivity contribution is 0.644. The van der Waals surface area contributed by atoms with E-state index in [9.17, 15) is 0 Å². The molecule has 0 saturated carbocycles. The van der Waals surface area contributed by atoms with Crippen molar-refractivity contribution in [3.05, 3.63) is 48.2 Å². The number of aliphatic imine (C=N–C) groups is 1. The fourth-order valence-electron chi connectivity index (χ4n) is 1.93. The van der Waals surface area contributed by atoms with Crippen molar-refractivity contribution in [3.8, 4) is 0 Å². The van der Waals surface area contributed by atoms with Gasteiger partial charge in [-0.25, -0.2) is 0 Å². The third-order valence-corrected chi connectivity index (χ3v) is 3.19. The minimum absolute atomic E-state index is 0.683. The fourth-order valence-corrected chi connectivity index (χ4v) is 1.93. The quantitative estimate of drug-likeness (QED) is 0.598. The van der Waals surface area contributed by atoms with Crippen molar-refractivity contribution in [1.82, 2.24) is 0 Å². The molecule has 1 nitrogen and oxygen atoms in total. The van der Waals surface area contributed by atoms with E-state index < -0.39 is 0 Å². The Morgan fingerprint density at radius 3 is 2.94 bits per heavy atom. The van der Waals surface area contributed by atoms with Crippen LogP contribution in [0.25, 0.3) is 0 Å². The van der Waals surface area contributed by atoms with Gasteiger partial charge in [0, 0.05) is 11.4 Å². The van der Waals surface area contributed by atoms with Crippen LogP contribution in [0.15, 0.2) is 53.2 Å². The molecule has 0 fully saturated rings. The Hall–Kier alpha value is -1.37. The van der Waals surface area contributed by atoms with E-state index in [1.54, 1.807) is 11.6 Å². The second-order valence-corrected chi connectivity index (χ2v) is 4.54. The number of allylic oxidation sites excluding steroid dienone is 7. The molecule has 1 aliphatic carbocycles. The number of rotatable bonds is 5. The normalized spacial score (nSPS) is 21.4. The van der Waals surface area contributed by atoms with Crippen LogP contribution in [-0.2, 0) is 0 Å². The molecule has 1 rings (SSSR count). The predicted octanol–water partition coefficient (Wildman–Crippen LogP) is 4.84. The molecule has 0 amide bonds. The lowest BCUT2D eigenvalue weighted by Crippen LogP contribution is -2.01. The molecule has 1 aliphatic rings. The van der Waals surface area contributed by atoms with Crippen molar-refractivity contribution < 1.29 is 0 Å². The Morgan fingerprint density at radius 2 is 2.35 bits per heavy atom. The summed E-state index contributed by atoms with van der Waals surface area (Å²) in [6, 6.07) is 0. The molecular formula is C16H23N. The average molecular weight is 229 g/mol. The Labute approximate surface area is 105 Å². The van der Waals surface area contributed by atoms with Gasteiger partial charge < -0.3 is 0 Å². The van der Waals surface area contributed by atoms with Gasteiger partial charge in [0.25, 0.3) is 0 Å². The van der Waals surface area contributed by atoms with Gasteiger partial charge >= 0.3 is 0 Å². The molecule has 0 radical (unpaired) electrons. The maximum atomic E-state index is 4.54. The third-order valence-electron chi connectivity index (χ3n) is 3.19. The van der Waals surface area contributed by atoms with Crippen molar-refractivity contribution in [2.45, 2.75) is 40.0 Å². The molecule has 92 valence electrons. The average Bonchev–Trinajstić information content (AvgIpc) is 2.35. The Bertz CT molecular complexity index is 380. The first-order chi connectivity index (χ1) is 8.17.